The Morgan fingerprint density at radius 3 is 1.00 bits per heavy atom. The number of rotatable bonds is 0. The molecule has 0 amide bonds. The van der Waals surface area contributed by atoms with Gasteiger partial charge >= 0.3 is 0 Å². The van der Waals surface area contributed by atoms with E-state index >= 15 is 0 Å². The van der Waals surface area contributed by atoms with Gasteiger partial charge in [0, 0.05) is 57.8 Å². The zero-order chi connectivity index (χ0) is 0. The van der Waals surface area contributed by atoms with Crippen molar-refractivity contribution in [1.29, 1.82) is 0 Å². The quantitative estimate of drug-likeness (QED) is 0.469. The Morgan fingerprint density at radius 1 is 1.00 bits per heavy atom. The molecule has 0 aromatic carbocycles. The molecule has 0 aromatic rings. The molecule has 0 nitrogen and oxygen atoms in total. The molecule has 0 saturated carbocycles. The summed E-state index contributed by atoms with van der Waals surface area (Å²) in [6.45, 7) is 0. The van der Waals surface area contributed by atoms with Crippen molar-refractivity contribution in [1.82, 2.24) is 0 Å². The van der Waals surface area contributed by atoms with Gasteiger partial charge in [0.15, 0.2) is 0 Å². The molecule has 0 atom stereocenters. The Balaban J connectivity index is 0. The third-order valence-electron chi connectivity index (χ3n) is 0. The minimum atomic E-state index is 0. The monoisotopic (exact) mass is 185 g/mol. The molecule has 0 bridgehead atoms. The van der Waals surface area contributed by atoms with Crippen LogP contribution in [-0.4, -0.2) is 0 Å². The molecule has 0 aromatic heterocycles. The fraction of sp³-hybridized carbons (Fsp3) is 0. The third kappa shape index (κ3) is 9.68. The summed E-state index contributed by atoms with van der Waals surface area (Å²) < 4.78 is 0. The Labute approximate surface area is 57.7 Å². The maximum absolute atomic E-state index is 0. The van der Waals surface area contributed by atoms with E-state index in [1.54, 1.807) is 0 Å². The Morgan fingerprint density at radius 2 is 1.00 bits per heavy atom. The zero-order valence-corrected chi connectivity index (χ0v) is 4.64. The Hall–Kier alpha value is 1.52. The van der Waals surface area contributed by atoms with E-state index in [9.17, 15) is 0 Å². The topological polar surface area (TPSA) is 0 Å². The Kier molecular flexibility index (Phi) is 296. The first-order valence-corrected chi connectivity index (χ1v) is 0. The van der Waals surface area contributed by atoms with Gasteiger partial charge in [-0.2, -0.15) is 0 Å². The first-order valence-electron chi connectivity index (χ1n) is 0. The molecule has 0 heterocycles. The predicted molar refractivity (Wildman–Crippen MR) is 3.24 cm³/mol. The number of hydrogen-bond acceptors (Lipinski definition) is 0. The van der Waals surface area contributed by atoms with Crippen LogP contribution in [0.15, 0.2) is 0 Å². The average Bonchev–Trinajstić information content (AvgIpc) is 0. The van der Waals surface area contributed by atoms with Gasteiger partial charge in [-0.25, -0.2) is 0 Å². The average molecular weight is 185 g/mol. The molecule has 0 aliphatic heterocycles. The van der Waals surface area contributed by atoms with Crippen molar-refractivity contribution >= 4 is 0 Å². The van der Waals surface area contributed by atoms with Gasteiger partial charge in [0.2, 0.25) is 0 Å². The van der Waals surface area contributed by atoms with Gasteiger partial charge in [-0.05, 0) is 0 Å². The van der Waals surface area contributed by atoms with Crippen molar-refractivity contribution in [3.63, 3.8) is 0 Å². The first kappa shape index (κ1) is 48.8. The van der Waals surface area contributed by atoms with Crippen LogP contribution >= 0.6 is 0 Å². The molecule has 0 aliphatic rings. The van der Waals surface area contributed by atoms with Gasteiger partial charge in [0.25, 0.3) is 0 Å². The number of hydrogen-bond donors (Lipinski definition) is 0. The molecule has 3 heteroatoms. The van der Waals surface area contributed by atoms with Gasteiger partial charge in [-0.15, -0.1) is 0 Å². The summed E-state index contributed by atoms with van der Waals surface area (Å²) in [7, 11) is 0. The van der Waals surface area contributed by atoms with E-state index in [-0.39, 0.29) is 57.8 Å². The standard InChI is InChI=1S/C.Co.Fe.Ni. The summed E-state index contributed by atoms with van der Waals surface area (Å²) in [5, 5.41) is 0. The van der Waals surface area contributed by atoms with Crippen molar-refractivity contribution in [2.75, 3.05) is 0 Å². The fourth-order valence-electron chi connectivity index (χ4n) is 0. The largest absolute Gasteiger partial charge is 0 e. The molecule has 0 saturated heterocycles. The van der Waals surface area contributed by atoms with E-state index in [1.807, 2.05) is 0 Å². The van der Waals surface area contributed by atoms with Gasteiger partial charge in [-0.3, -0.25) is 0 Å². The third-order valence-corrected chi connectivity index (χ3v) is 0. The molecule has 5 radical (unpaired) electrons. The minimum absolute atomic E-state index is 0. The molecular weight excluding hydrogens is 185 g/mol. The van der Waals surface area contributed by atoms with E-state index in [4.69, 9.17) is 0 Å². The summed E-state index contributed by atoms with van der Waals surface area (Å²) in [5.41, 5.74) is 0. The van der Waals surface area contributed by atoms with Crippen LogP contribution in [0.4, 0.5) is 0 Å². The van der Waals surface area contributed by atoms with Crippen molar-refractivity contribution in [2.24, 2.45) is 0 Å². The second-order valence-electron chi connectivity index (χ2n) is 0. The zero-order valence-electron chi connectivity index (χ0n) is 1.50. The van der Waals surface area contributed by atoms with Crippen LogP contribution in [0, 0.1) is 7.43 Å². The van der Waals surface area contributed by atoms with Crippen molar-refractivity contribution in [3.8, 4) is 0 Å². The predicted octanol–water partition coefficient (Wildman–Crippen LogP) is 0.0738. The van der Waals surface area contributed by atoms with Crippen LogP contribution in [0.5, 0.6) is 0 Å². The molecule has 0 rings (SSSR count). The molecule has 0 aliphatic carbocycles. The van der Waals surface area contributed by atoms with Gasteiger partial charge in [0.05, 0.1) is 0 Å². The van der Waals surface area contributed by atoms with Crippen LogP contribution in [0.1, 0.15) is 0 Å². The van der Waals surface area contributed by atoms with E-state index < -0.39 is 0 Å². The van der Waals surface area contributed by atoms with E-state index in [0.717, 1.165) is 0 Å². The summed E-state index contributed by atoms with van der Waals surface area (Å²) in [6, 6.07) is 0. The van der Waals surface area contributed by atoms with Gasteiger partial charge in [0.1, 0.15) is 0 Å². The Bertz CT molecular complexity index is 8.00. The second-order valence-corrected chi connectivity index (χ2v) is 0. The molecule has 4 heavy (non-hydrogen) atoms. The fourth-order valence-corrected chi connectivity index (χ4v) is 0. The maximum atomic E-state index is 0. The van der Waals surface area contributed by atoms with Crippen LogP contribution in [0.3, 0.4) is 0 Å². The van der Waals surface area contributed by atoms with Gasteiger partial charge in [-0.1, -0.05) is 0 Å². The van der Waals surface area contributed by atoms with Crippen LogP contribution in [-0.2, 0) is 50.3 Å². The molecular formula is CCoFeNi. The summed E-state index contributed by atoms with van der Waals surface area (Å²) in [6.07, 6.45) is 0. The van der Waals surface area contributed by atoms with E-state index in [2.05, 4.69) is 0 Å². The molecule has 0 N–H and O–H groups in total. The molecule has 0 spiro atoms. The molecule has 0 fully saturated rings. The summed E-state index contributed by atoms with van der Waals surface area (Å²) in [5.74, 6) is 0. The molecule has 31 valence electrons. The maximum Gasteiger partial charge on any atom is 0 e. The smallest absolute Gasteiger partial charge is 0 e. The molecule has 0 unspecified atom stereocenters. The first-order chi connectivity index (χ1) is 0. The van der Waals surface area contributed by atoms with Crippen LogP contribution < -0.4 is 0 Å². The van der Waals surface area contributed by atoms with Crippen molar-refractivity contribution in [3.05, 3.63) is 7.43 Å². The van der Waals surface area contributed by atoms with Crippen molar-refractivity contribution < 1.29 is 50.3 Å². The van der Waals surface area contributed by atoms with Crippen LogP contribution in [0.25, 0.3) is 0 Å². The van der Waals surface area contributed by atoms with Crippen molar-refractivity contribution in [2.45, 2.75) is 0 Å². The van der Waals surface area contributed by atoms with Gasteiger partial charge < -0.3 is 0 Å². The second kappa shape index (κ2) is 24.2. The summed E-state index contributed by atoms with van der Waals surface area (Å²) >= 11 is 0. The van der Waals surface area contributed by atoms with E-state index in [0.29, 0.717) is 0 Å². The van der Waals surface area contributed by atoms with Crippen LogP contribution in [0.2, 0.25) is 0 Å². The van der Waals surface area contributed by atoms with E-state index in [1.165, 1.54) is 0 Å². The minimum Gasteiger partial charge on any atom is 0 e. The summed E-state index contributed by atoms with van der Waals surface area (Å²) in [4.78, 5) is 0. The SMILES string of the molecule is [C].[Co].[Fe].[Ni]. The normalized spacial score (nSPS) is 0.